The van der Waals surface area contributed by atoms with Gasteiger partial charge in [-0.25, -0.2) is 0 Å². The van der Waals surface area contributed by atoms with Crippen LogP contribution in [0.25, 0.3) is 0 Å². The first-order valence-corrected chi connectivity index (χ1v) is 6.08. The van der Waals surface area contributed by atoms with E-state index in [1.807, 2.05) is 6.26 Å². The highest BCUT2D eigenvalue weighted by Crippen LogP contribution is 2.05. The third kappa shape index (κ3) is 9.63. The molecular weight excluding hydrogens is 172 g/mol. The zero-order valence-corrected chi connectivity index (χ0v) is 10.1. The van der Waals surface area contributed by atoms with Gasteiger partial charge >= 0.3 is 0 Å². The van der Waals surface area contributed by atoms with E-state index in [1.54, 1.807) is 0 Å². The van der Waals surface area contributed by atoms with Crippen LogP contribution in [0.15, 0.2) is 11.8 Å². The maximum atomic E-state index is 5.43. The molecule has 0 radical (unpaired) electrons. The van der Waals surface area contributed by atoms with Crippen molar-refractivity contribution in [3.8, 4) is 0 Å². The lowest BCUT2D eigenvalue weighted by Gasteiger charge is -2.02. The van der Waals surface area contributed by atoms with E-state index in [-0.39, 0.29) is 0 Å². The van der Waals surface area contributed by atoms with Crippen LogP contribution in [0.5, 0.6) is 0 Å². The molecule has 0 fully saturated rings. The second-order valence-electron chi connectivity index (χ2n) is 3.96. The largest absolute Gasteiger partial charge is 0.501 e. The molecule has 0 atom stereocenters. The molecule has 0 aliphatic rings. The zero-order chi connectivity index (χ0) is 10.6. The molecule has 0 saturated heterocycles. The molecule has 0 heterocycles. The highest BCUT2D eigenvalue weighted by Gasteiger charge is 1.90. The van der Waals surface area contributed by atoms with Gasteiger partial charge in [0.25, 0.3) is 0 Å². The highest BCUT2D eigenvalue weighted by molar-refractivity contribution is 4.90. The van der Waals surface area contributed by atoms with Crippen molar-refractivity contribution in [1.82, 2.24) is 0 Å². The van der Waals surface area contributed by atoms with Crippen molar-refractivity contribution < 1.29 is 4.74 Å². The normalized spacial score (nSPS) is 11.8. The van der Waals surface area contributed by atoms with Gasteiger partial charge in [-0.2, -0.15) is 0 Å². The Balaban J connectivity index is 3.06. The van der Waals surface area contributed by atoms with Gasteiger partial charge in [-0.15, -0.1) is 0 Å². The van der Waals surface area contributed by atoms with Gasteiger partial charge < -0.3 is 4.74 Å². The average Bonchev–Trinajstić information content (AvgIpc) is 2.21. The maximum absolute atomic E-state index is 5.43. The van der Waals surface area contributed by atoms with Gasteiger partial charge in [0.05, 0.1) is 12.9 Å². The molecule has 0 saturated carbocycles. The Labute approximate surface area is 89.5 Å². The van der Waals surface area contributed by atoms with Gasteiger partial charge in [0.1, 0.15) is 0 Å². The minimum absolute atomic E-state index is 0.892. The van der Waals surface area contributed by atoms with Crippen molar-refractivity contribution in [1.29, 1.82) is 0 Å². The first kappa shape index (κ1) is 13.5. The van der Waals surface area contributed by atoms with Crippen LogP contribution >= 0.6 is 0 Å². The summed E-state index contributed by atoms with van der Waals surface area (Å²) in [6.45, 7) is 7.41. The van der Waals surface area contributed by atoms with Crippen LogP contribution in [0.2, 0.25) is 0 Å². The van der Waals surface area contributed by atoms with E-state index >= 15 is 0 Å². The molecule has 0 aliphatic carbocycles. The second-order valence-corrected chi connectivity index (χ2v) is 3.96. The first-order chi connectivity index (χ1) is 6.81. The van der Waals surface area contributed by atoms with Crippen LogP contribution < -0.4 is 0 Å². The Morgan fingerprint density at radius 3 is 2.29 bits per heavy atom. The van der Waals surface area contributed by atoms with Crippen molar-refractivity contribution >= 4 is 0 Å². The molecule has 0 aliphatic heterocycles. The fraction of sp³-hybridized carbons (Fsp3) is 0.846. The minimum Gasteiger partial charge on any atom is -0.501 e. The molecule has 0 bridgehead atoms. The average molecular weight is 198 g/mol. The molecule has 1 heteroatoms. The Morgan fingerprint density at radius 1 is 1.00 bits per heavy atom. The number of hydrogen-bond acceptors (Lipinski definition) is 1. The summed E-state index contributed by atoms with van der Waals surface area (Å²) in [5.74, 6) is 0. The standard InChI is InChI=1S/C13H26O/c1-4-6-7-8-9-10-11-14-12-13(3)5-2/h12H,4-11H2,1-3H3. The monoisotopic (exact) mass is 198 g/mol. The number of ether oxygens (including phenoxy) is 1. The molecule has 0 unspecified atom stereocenters. The van der Waals surface area contributed by atoms with E-state index in [2.05, 4.69) is 20.8 Å². The van der Waals surface area contributed by atoms with Gasteiger partial charge in [-0.1, -0.05) is 46.0 Å². The van der Waals surface area contributed by atoms with Crippen LogP contribution in [-0.4, -0.2) is 6.61 Å². The topological polar surface area (TPSA) is 9.23 Å². The Morgan fingerprint density at radius 2 is 1.64 bits per heavy atom. The lowest BCUT2D eigenvalue weighted by Crippen LogP contribution is -1.89. The van der Waals surface area contributed by atoms with Crippen LogP contribution in [-0.2, 0) is 4.74 Å². The van der Waals surface area contributed by atoms with E-state index < -0.39 is 0 Å². The molecule has 84 valence electrons. The van der Waals surface area contributed by atoms with Gasteiger partial charge in [0.2, 0.25) is 0 Å². The number of hydrogen-bond donors (Lipinski definition) is 0. The van der Waals surface area contributed by atoms with E-state index in [0.717, 1.165) is 13.0 Å². The smallest absolute Gasteiger partial charge is 0.0873 e. The summed E-state index contributed by atoms with van der Waals surface area (Å²) >= 11 is 0. The Hall–Kier alpha value is -0.460. The lowest BCUT2D eigenvalue weighted by atomic mass is 10.1. The second kappa shape index (κ2) is 10.6. The molecule has 0 amide bonds. The summed E-state index contributed by atoms with van der Waals surface area (Å²) in [4.78, 5) is 0. The van der Waals surface area contributed by atoms with Gasteiger partial charge in [-0.3, -0.25) is 0 Å². The molecule has 0 aromatic rings. The summed E-state index contributed by atoms with van der Waals surface area (Å²) in [7, 11) is 0. The first-order valence-electron chi connectivity index (χ1n) is 6.08. The van der Waals surface area contributed by atoms with Crippen molar-refractivity contribution in [3.05, 3.63) is 11.8 Å². The third-order valence-corrected chi connectivity index (χ3v) is 2.46. The summed E-state index contributed by atoms with van der Waals surface area (Å²) in [6, 6.07) is 0. The van der Waals surface area contributed by atoms with Gasteiger partial charge in [-0.05, 0) is 25.3 Å². The quantitative estimate of drug-likeness (QED) is 0.386. The molecular formula is C13H26O. The molecule has 14 heavy (non-hydrogen) atoms. The fourth-order valence-corrected chi connectivity index (χ4v) is 1.25. The van der Waals surface area contributed by atoms with Crippen LogP contribution in [0.1, 0.15) is 65.7 Å². The van der Waals surface area contributed by atoms with Gasteiger partial charge in [0, 0.05) is 0 Å². The van der Waals surface area contributed by atoms with Gasteiger partial charge in [0.15, 0.2) is 0 Å². The van der Waals surface area contributed by atoms with E-state index in [4.69, 9.17) is 4.74 Å². The van der Waals surface area contributed by atoms with Crippen LogP contribution in [0, 0.1) is 0 Å². The summed E-state index contributed by atoms with van der Waals surface area (Å²) in [5, 5.41) is 0. The predicted octanol–water partition coefficient (Wildman–Crippen LogP) is 4.68. The lowest BCUT2D eigenvalue weighted by molar-refractivity contribution is 0.237. The van der Waals surface area contributed by atoms with Crippen molar-refractivity contribution in [2.24, 2.45) is 0 Å². The highest BCUT2D eigenvalue weighted by atomic mass is 16.5. The molecule has 0 spiro atoms. The molecule has 0 rings (SSSR count). The number of rotatable bonds is 9. The van der Waals surface area contributed by atoms with E-state index in [0.29, 0.717) is 0 Å². The van der Waals surface area contributed by atoms with Crippen molar-refractivity contribution in [2.45, 2.75) is 65.7 Å². The third-order valence-electron chi connectivity index (χ3n) is 2.46. The summed E-state index contributed by atoms with van der Waals surface area (Å²) < 4.78 is 5.43. The van der Waals surface area contributed by atoms with E-state index in [9.17, 15) is 0 Å². The molecule has 1 nitrogen and oxygen atoms in total. The maximum Gasteiger partial charge on any atom is 0.0873 e. The SMILES string of the molecule is CCCCCCCCOC=C(C)CC. The number of allylic oxidation sites excluding steroid dienone is 1. The molecule has 0 N–H and O–H groups in total. The van der Waals surface area contributed by atoms with Crippen LogP contribution in [0.4, 0.5) is 0 Å². The van der Waals surface area contributed by atoms with E-state index in [1.165, 1.54) is 44.1 Å². The number of unbranched alkanes of at least 4 members (excludes halogenated alkanes) is 5. The molecule has 0 aromatic heterocycles. The Bertz CT molecular complexity index is 138. The van der Waals surface area contributed by atoms with Crippen LogP contribution in [0.3, 0.4) is 0 Å². The Kier molecular flexibility index (Phi) is 10.3. The van der Waals surface area contributed by atoms with Crippen molar-refractivity contribution in [3.63, 3.8) is 0 Å². The van der Waals surface area contributed by atoms with Crippen molar-refractivity contribution in [2.75, 3.05) is 6.61 Å². The zero-order valence-electron chi connectivity index (χ0n) is 10.1. The summed E-state index contributed by atoms with van der Waals surface area (Å²) in [5.41, 5.74) is 1.33. The fourth-order valence-electron chi connectivity index (χ4n) is 1.25. The summed E-state index contributed by atoms with van der Waals surface area (Å²) in [6.07, 6.45) is 11.0. The minimum atomic E-state index is 0.892. The predicted molar refractivity (Wildman–Crippen MR) is 63.4 cm³/mol. The molecule has 0 aromatic carbocycles.